The highest BCUT2D eigenvalue weighted by Crippen LogP contribution is 2.26. The molecule has 0 bridgehead atoms. The molecule has 2 rings (SSSR count). The predicted octanol–water partition coefficient (Wildman–Crippen LogP) is 0.870. The van der Waals surface area contributed by atoms with Crippen LogP contribution in [0.4, 0.5) is 5.82 Å². The van der Waals surface area contributed by atoms with Crippen LogP contribution < -0.4 is 10.6 Å². The number of carboxylic acids is 1. The van der Waals surface area contributed by atoms with E-state index >= 15 is 0 Å². The first kappa shape index (κ1) is 13.3. The molecule has 1 aliphatic heterocycles. The highest BCUT2D eigenvalue weighted by molar-refractivity contribution is 5.92. The second kappa shape index (κ2) is 5.26. The Morgan fingerprint density at radius 2 is 2.21 bits per heavy atom. The first-order valence-electron chi connectivity index (χ1n) is 6.24. The lowest BCUT2D eigenvalue weighted by atomic mass is 9.92. The molecule has 3 N–H and O–H groups in total. The van der Waals surface area contributed by atoms with Gasteiger partial charge in [-0.15, -0.1) is 0 Å². The van der Waals surface area contributed by atoms with Crippen molar-refractivity contribution in [1.29, 1.82) is 0 Å². The van der Waals surface area contributed by atoms with E-state index in [2.05, 4.69) is 11.9 Å². The van der Waals surface area contributed by atoms with Crippen LogP contribution in [0.25, 0.3) is 0 Å². The number of carbonyl (C=O) groups is 2. The molecule has 6 nitrogen and oxygen atoms in total. The molecule has 0 radical (unpaired) electrons. The molecule has 1 aliphatic rings. The zero-order valence-corrected chi connectivity index (χ0v) is 10.7. The number of carboxylic acid groups (broad SMARTS) is 1. The van der Waals surface area contributed by atoms with E-state index in [0.717, 1.165) is 6.42 Å². The highest BCUT2D eigenvalue weighted by Gasteiger charge is 2.32. The van der Waals surface area contributed by atoms with Crippen molar-refractivity contribution in [3.05, 3.63) is 23.9 Å². The van der Waals surface area contributed by atoms with Crippen molar-refractivity contribution >= 4 is 17.7 Å². The Kier molecular flexibility index (Phi) is 3.69. The lowest BCUT2D eigenvalue weighted by molar-refractivity contribution is -0.139. The van der Waals surface area contributed by atoms with Crippen LogP contribution in [0.2, 0.25) is 0 Å². The van der Waals surface area contributed by atoms with Gasteiger partial charge in [0.2, 0.25) is 5.91 Å². The van der Waals surface area contributed by atoms with Crippen molar-refractivity contribution in [2.45, 2.75) is 25.8 Å². The summed E-state index contributed by atoms with van der Waals surface area (Å²) in [6, 6.07) is 2.66. The number of aromatic nitrogens is 1. The quantitative estimate of drug-likeness (QED) is 0.843. The fourth-order valence-electron chi connectivity index (χ4n) is 2.35. The van der Waals surface area contributed by atoms with Crippen molar-refractivity contribution in [2.75, 3.05) is 11.4 Å². The van der Waals surface area contributed by atoms with E-state index in [9.17, 15) is 14.7 Å². The summed E-state index contributed by atoms with van der Waals surface area (Å²) in [7, 11) is 0. The summed E-state index contributed by atoms with van der Waals surface area (Å²) in [6.07, 6.45) is 2.92. The number of anilines is 1. The molecule has 1 aromatic rings. The number of hydrogen-bond donors (Lipinski definition) is 2. The lowest BCUT2D eigenvalue weighted by Crippen LogP contribution is -2.47. The minimum absolute atomic E-state index is 0.320. The third-order valence-corrected chi connectivity index (χ3v) is 3.48. The maximum atomic E-state index is 11.3. The number of pyridine rings is 1. The van der Waals surface area contributed by atoms with Crippen LogP contribution in [0.1, 0.15) is 30.1 Å². The lowest BCUT2D eigenvalue weighted by Gasteiger charge is -2.36. The summed E-state index contributed by atoms with van der Waals surface area (Å²) in [6.45, 7) is 2.71. The molecule has 1 fully saturated rings. The zero-order chi connectivity index (χ0) is 14.0. The van der Waals surface area contributed by atoms with Crippen molar-refractivity contribution < 1.29 is 14.7 Å². The number of piperidine rings is 1. The smallest absolute Gasteiger partial charge is 0.326 e. The van der Waals surface area contributed by atoms with Gasteiger partial charge in [-0.1, -0.05) is 6.92 Å². The fraction of sp³-hybridized carbons (Fsp3) is 0.462. The topological polar surface area (TPSA) is 96.5 Å². The Bertz CT molecular complexity index is 486. The van der Waals surface area contributed by atoms with Gasteiger partial charge in [0, 0.05) is 12.7 Å². The number of hydrogen-bond acceptors (Lipinski definition) is 4. The van der Waals surface area contributed by atoms with Crippen LogP contribution in [0.15, 0.2) is 18.3 Å². The average Bonchev–Trinajstić information content (AvgIpc) is 2.38. The van der Waals surface area contributed by atoms with E-state index in [1.54, 1.807) is 17.0 Å². The van der Waals surface area contributed by atoms with E-state index < -0.39 is 17.9 Å². The molecule has 2 heterocycles. The number of aliphatic carboxylic acids is 1. The number of nitrogens with two attached hydrogens (primary N) is 1. The molecule has 1 amide bonds. The molecule has 0 aliphatic carbocycles. The van der Waals surface area contributed by atoms with Gasteiger partial charge < -0.3 is 15.7 Å². The largest absolute Gasteiger partial charge is 0.480 e. The van der Waals surface area contributed by atoms with Gasteiger partial charge in [0.05, 0.1) is 5.56 Å². The van der Waals surface area contributed by atoms with Crippen LogP contribution in [0.3, 0.4) is 0 Å². The number of primary amides is 1. The Morgan fingerprint density at radius 3 is 2.74 bits per heavy atom. The van der Waals surface area contributed by atoms with Gasteiger partial charge in [-0.05, 0) is 30.9 Å². The molecule has 0 aromatic carbocycles. The molecule has 0 saturated carbocycles. The van der Waals surface area contributed by atoms with E-state index in [-0.39, 0.29) is 0 Å². The van der Waals surface area contributed by atoms with Crippen LogP contribution in [-0.2, 0) is 4.79 Å². The van der Waals surface area contributed by atoms with E-state index in [1.807, 2.05) is 0 Å². The molecular formula is C13H17N3O3. The van der Waals surface area contributed by atoms with Crippen molar-refractivity contribution in [1.82, 2.24) is 4.98 Å². The second-order valence-electron chi connectivity index (χ2n) is 4.95. The molecule has 0 spiro atoms. The van der Waals surface area contributed by atoms with Gasteiger partial charge in [-0.25, -0.2) is 9.78 Å². The minimum atomic E-state index is -0.840. The summed E-state index contributed by atoms with van der Waals surface area (Å²) < 4.78 is 0. The van der Waals surface area contributed by atoms with Gasteiger partial charge in [0.25, 0.3) is 0 Å². The zero-order valence-electron chi connectivity index (χ0n) is 10.7. The maximum Gasteiger partial charge on any atom is 0.326 e. The summed E-state index contributed by atoms with van der Waals surface area (Å²) in [5, 5.41) is 9.29. The number of carbonyl (C=O) groups excluding carboxylic acids is 1. The van der Waals surface area contributed by atoms with Crippen LogP contribution in [0.5, 0.6) is 0 Å². The molecular weight excluding hydrogens is 246 g/mol. The van der Waals surface area contributed by atoms with Crippen molar-refractivity contribution in [3.63, 3.8) is 0 Å². The van der Waals surface area contributed by atoms with Gasteiger partial charge in [0.1, 0.15) is 11.9 Å². The molecule has 1 aromatic heterocycles. The molecule has 19 heavy (non-hydrogen) atoms. The van der Waals surface area contributed by atoms with Gasteiger partial charge in [-0.2, -0.15) is 0 Å². The van der Waals surface area contributed by atoms with Crippen LogP contribution in [-0.4, -0.2) is 34.6 Å². The average molecular weight is 263 g/mol. The van der Waals surface area contributed by atoms with Gasteiger partial charge in [0.15, 0.2) is 0 Å². The van der Waals surface area contributed by atoms with E-state index in [4.69, 9.17) is 5.73 Å². The highest BCUT2D eigenvalue weighted by atomic mass is 16.4. The van der Waals surface area contributed by atoms with E-state index in [0.29, 0.717) is 30.3 Å². The Labute approximate surface area is 111 Å². The summed E-state index contributed by atoms with van der Waals surface area (Å²) in [4.78, 5) is 28.2. The first-order valence-corrected chi connectivity index (χ1v) is 6.24. The predicted molar refractivity (Wildman–Crippen MR) is 69.9 cm³/mol. The summed E-state index contributed by atoms with van der Waals surface area (Å²) in [5.41, 5.74) is 5.47. The fourth-order valence-corrected chi connectivity index (χ4v) is 2.35. The third-order valence-electron chi connectivity index (χ3n) is 3.48. The van der Waals surface area contributed by atoms with Crippen LogP contribution in [0, 0.1) is 5.92 Å². The molecule has 102 valence electrons. The standard InChI is InChI=1S/C13H17N3O3/c1-8-4-5-16(10(6-8)13(18)19)11-3-2-9(7-15-11)12(14)17/h2-3,7-8,10H,4-6H2,1H3,(H2,14,17)(H,18,19). The normalized spacial score (nSPS) is 23.1. The second-order valence-corrected chi connectivity index (χ2v) is 4.95. The monoisotopic (exact) mass is 263 g/mol. The molecule has 6 heteroatoms. The van der Waals surface area contributed by atoms with Gasteiger partial charge >= 0.3 is 5.97 Å². The Hall–Kier alpha value is -2.11. The number of amides is 1. The molecule has 1 saturated heterocycles. The van der Waals surface area contributed by atoms with Gasteiger partial charge in [-0.3, -0.25) is 4.79 Å². The molecule has 2 atom stereocenters. The van der Waals surface area contributed by atoms with Crippen molar-refractivity contribution in [3.8, 4) is 0 Å². The summed E-state index contributed by atoms with van der Waals surface area (Å²) >= 11 is 0. The first-order chi connectivity index (χ1) is 8.99. The summed E-state index contributed by atoms with van der Waals surface area (Å²) in [5.74, 6) is -0.417. The Morgan fingerprint density at radius 1 is 1.47 bits per heavy atom. The van der Waals surface area contributed by atoms with E-state index in [1.165, 1.54) is 6.20 Å². The molecule has 2 unspecified atom stereocenters. The Balaban J connectivity index is 2.23. The third kappa shape index (κ3) is 2.83. The maximum absolute atomic E-state index is 11.3. The SMILES string of the molecule is CC1CCN(c2ccc(C(N)=O)cn2)C(C(=O)O)C1. The number of nitrogens with zero attached hydrogens (tertiary/aromatic N) is 2. The van der Waals surface area contributed by atoms with Crippen LogP contribution >= 0.6 is 0 Å². The van der Waals surface area contributed by atoms with Crippen molar-refractivity contribution in [2.24, 2.45) is 11.7 Å². The number of rotatable bonds is 3. The minimum Gasteiger partial charge on any atom is -0.480 e.